The number of amides is 1. The van der Waals surface area contributed by atoms with Gasteiger partial charge in [-0.15, -0.1) is 0 Å². The van der Waals surface area contributed by atoms with Crippen molar-refractivity contribution < 1.29 is 26.7 Å². The number of halogens is 5. The van der Waals surface area contributed by atoms with Crippen LogP contribution in [0.2, 0.25) is 0 Å². The molecule has 1 amide bonds. The largest absolute Gasteiger partial charge is 0.321 e. The Kier molecular flexibility index (Phi) is 4.46. The molecule has 1 saturated heterocycles. The van der Waals surface area contributed by atoms with Gasteiger partial charge >= 0.3 is 0 Å². The minimum atomic E-state index is -2.25. The maximum absolute atomic E-state index is 13.4. The number of hydrogen-bond donors (Lipinski definition) is 2. The van der Waals surface area contributed by atoms with Gasteiger partial charge in [0.05, 0.1) is 5.92 Å². The second-order valence-electron chi connectivity index (χ2n) is 5.02. The lowest BCUT2D eigenvalue weighted by molar-refractivity contribution is -0.120. The van der Waals surface area contributed by atoms with Gasteiger partial charge in [-0.3, -0.25) is 4.79 Å². The Morgan fingerprint density at radius 1 is 1.00 bits per heavy atom. The Hall–Kier alpha value is -1.70. The quantitative estimate of drug-likeness (QED) is 0.501. The fourth-order valence-electron chi connectivity index (χ4n) is 2.16. The predicted molar refractivity (Wildman–Crippen MR) is 65.1 cm³/mol. The van der Waals surface area contributed by atoms with E-state index in [1.807, 2.05) is 6.92 Å². The number of piperidine rings is 1. The molecule has 8 heteroatoms. The fraction of sp³-hybridized carbons (Fsp3) is 0.462. The summed E-state index contributed by atoms with van der Waals surface area (Å²) in [5, 5.41) is 4.80. The molecule has 0 aromatic heterocycles. The Morgan fingerprint density at radius 3 is 2.00 bits per heavy atom. The standard InChI is InChI=1S/C13H13F5N2O/c1-5-2-3-6(4-19-5)13(21)20-12-10(17)8(15)7(14)9(16)11(12)18/h5-6,19H,2-4H2,1H3,(H,20,21). The van der Waals surface area contributed by atoms with Crippen LogP contribution in [0.4, 0.5) is 27.6 Å². The first-order valence-electron chi connectivity index (χ1n) is 6.38. The van der Waals surface area contributed by atoms with Gasteiger partial charge in [-0.1, -0.05) is 0 Å². The first kappa shape index (κ1) is 15.7. The number of carbonyl (C=O) groups is 1. The molecule has 1 aromatic rings. The van der Waals surface area contributed by atoms with Crippen molar-refractivity contribution in [2.24, 2.45) is 5.92 Å². The highest BCUT2D eigenvalue weighted by atomic mass is 19.2. The number of carbonyl (C=O) groups excluding carboxylic acids is 1. The number of rotatable bonds is 2. The summed E-state index contributed by atoms with van der Waals surface area (Å²) in [4.78, 5) is 11.9. The molecule has 1 aliphatic rings. The van der Waals surface area contributed by atoms with Gasteiger partial charge in [0.25, 0.3) is 0 Å². The van der Waals surface area contributed by atoms with Crippen molar-refractivity contribution in [2.45, 2.75) is 25.8 Å². The summed E-state index contributed by atoms with van der Waals surface area (Å²) in [7, 11) is 0. The van der Waals surface area contributed by atoms with Crippen LogP contribution in [0.1, 0.15) is 19.8 Å². The average Bonchev–Trinajstić information content (AvgIpc) is 2.48. The topological polar surface area (TPSA) is 41.1 Å². The molecule has 116 valence electrons. The second-order valence-corrected chi connectivity index (χ2v) is 5.02. The SMILES string of the molecule is CC1CCC(C(=O)Nc2c(F)c(F)c(F)c(F)c2F)CN1. The highest BCUT2D eigenvalue weighted by Crippen LogP contribution is 2.28. The van der Waals surface area contributed by atoms with Crippen molar-refractivity contribution in [2.75, 3.05) is 11.9 Å². The van der Waals surface area contributed by atoms with Gasteiger partial charge < -0.3 is 10.6 Å². The lowest BCUT2D eigenvalue weighted by Crippen LogP contribution is -2.42. The lowest BCUT2D eigenvalue weighted by atomic mass is 9.94. The normalized spacial score (nSPS) is 22.2. The molecular weight excluding hydrogens is 295 g/mol. The molecule has 0 saturated carbocycles. The molecule has 3 nitrogen and oxygen atoms in total. The molecule has 0 aliphatic carbocycles. The lowest BCUT2D eigenvalue weighted by Gasteiger charge is -2.26. The van der Waals surface area contributed by atoms with Gasteiger partial charge in [-0.25, -0.2) is 22.0 Å². The zero-order valence-electron chi connectivity index (χ0n) is 11.1. The van der Waals surface area contributed by atoms with Crippen LogP contribution in [0.25, 0.3) is 0 Å². The smallest absolute Gasteiger partial charge is 0.228 e. The van der Waals surface area contributed by atoms with Gasteiger partial charge in [0, 0.05) is 12.6 Å². The van der Waals surface area contributed by atoms with E-state index >= 15 is 0 Å². The third-order valence-electron chi connectivity index (χ3n) is 3.49. The van der Waals surface area contributed by atoms with Crippen LogP contribution in [0, 0.1) is 35.0 Å². The molecule has 1 aromatic carbocycles. The average molecular weight is 308 g/mol. The summed E-state index contributed by atoms with van der Waals surface area (Å²) in [5.74, 6) is -11.9. The maximum Gasteiger partial charge on any atom is 0.228 e. The molecule has 2 unspecified atom stereocenters. The van der Waals surface area contributed by atoms with Gasteiger partial charge in [-0.2, -0.15) is 0 Å². The number of anilines is 1. The van der Waals surface area contributed by atoms with Crippen LogP contribution >= 0.6 is 0 Å². The van der Waals surface area contributed by atoms with Crippen LogP contribution in [0.15, 0.2) is 0 Å². The van der Waals surface area contributed by atoms with Crippen LogP contribution in [-0.2, 0) is 4.79 Å². The third-order valence-corrected chi connectivity index (χ3v) is 3.49. The monoisotopic (exact) mass is 308 g/mol. The molecule has 1 heterocycles. The molecule has 0 radical (unpaired) electrons. The molecule has 1 fully saturated rings. The maximum atomic E-state index is 13.4. The van der Waals surface area contributed by atoms with Crippen molar-refractivity contribution in [3.63, 3.8) is 0 Å². The molecule has 0 bridgehead atoms. The van der Waals surface area contributed by atoms with E-state index < -0.39 is 46.6 Å². The minimum absolute atomic E-state index is 0.211. The van der Waals surface area contributed by atoms with Crippen molar-refractivity contribution >= 4 is 11.6 Å². The van der Waals surface area contributed by atoms with Crippen LogP contribution in [0.3, 0.4) is 0 Å². The van der Waals surface area contributed by atoms with Crippen molar-refractivity contribution in [1.82, 2.24) is 5.32 Å². The van der Waals surface area contributed by atoms with Gasteiger partial charge in [0.15, 0.2) is 23.3 Å². The highest BCUT2D eigenvalue weighted by molar-refractivity contribution is 5.93. The summed E-state index contributed by atoms with van der Waals surface area (Å²) < 4.78 is 65.8. The fourth-order valence-corrected chi connectivity index (χ4v) is 2.16. The molecule has 1 aliphatic heterocycles. The Balaban J connectivity index is 2.22. The summed E-state index contributed by atoms with van der Waals surface area (Å²) in [5.41, 5.74) is -1.31. The van der Waals surface area contributed by atoms with Crippen LogP contribution in [0.5, 0.6) is 0 Å². The van der Waals surface area contributed by atoms with E-state index in [4.69, 9.17) is 0 Å². The Morgan fingerprint density at radius 2 is 1.52 bits per heavy atom. The minimum Gasteiger partial charge on any atom is -0.321 e. The molecule has 2 rings (SSSR count). The van der Waals surface area contributed by atoms with Gasteiger partial charge in [-0.05, 0) is 19.8 Å². The highest BCUT2D eigenvalue weighted by Gasteiger charge is 2.30. The van der Waals surface area contributed by atoms with Crippen molar-refractivity contribution in [1.29, 1.82) is 0 Å². The third kappa shape index (κ3) is 2.99. The molecular formula is C13H13F5N2O. The molecule has 21 heavy (non-hydrogen) atoms. The van der Waals surface area contributed by atoms with Crippen LogP contribution in [-0.4, -0.2) is 18.5 Å². The van der Waals surface area contributed by atoms with Gasteiger partial charge in [0.2, 0.25) is 11.7 Å². The van der Waals surface area contributed by atoms with Gasteiger partial charge in [0.1, 0.15) is 5.69 Å². The van der Waals surface area contributed by atoms with E-state index in [9.17, 15) is 26.7 Å². The number of nitrogens with one attached hydrogen (secondary N) is 2. The number of hydrogen-bond acceptors (Lipinski definition) is 2. The zero-order chi connectivity index (χ0) is 15.7. The first-order chi connectivity index (χ1) is 9.82. The van der Waals surface area contributed by atoms with E-state index in [0.717, 1.165) is 0 Å². The van der Waals surface area contributed by atoms with Crippen molar-refractivity contribution in [3.8, 4) is 0 Å². The summed E-state index contributed by atoms with van der Waals surface area (Å²) in [6, 6.07) is 0.211. The zero-order valence-corrected chi connectivity index (χ0v) is 11.1. The summed E-state index contributed by atoms with van der Waals surface area (Å²) in [6.45, 7) is 2.20. The molecule has 2 N–H and O–H groups in total. The van der Waals surface area contributed by atoms with E-state index in [1.54, 1.807) is 5.32 Å². The predicted octanol–water partition coefficient (Wildman–Crippen LogP) is 2.71. The number of benzene rings is 1. The first-order valence-corrected chi connectivity index (χ1v) is 6.38. The van der Waals surface area contributed by atoms with E-state index in [0.29, 0.717) is 12.8 Å². The van der Waals surface area contributed by atoms with E-state index in [1.165, 1.54) is 0 Å². The van der Waals surface area contributed by atoms with E-state index in [2.05, 4.69) is 5.32 Å². The van der Waals surface area contributed by atoms with Crippen LogP contribution < -0.4 is 10.6 Å². The summed E-state index contributed by atoms with van der Waals surface area (Å²) in [6.07, 6.45) is 1.14. The summed E-state index contributed by atoms with van der Waals surface area (Å²) >= 11 is 0. The molecule has 2 atom stereocenters. The van der Waals surface area contributed by atoms with Crippen molar-refractivity contribution in [3.05, 3.63) is 29.1 Å². The molecule has 0 spiro atoms. The Labute approximate surface area is 117 Å². The van der Waals surface area contributed by atoms with E-state index in [-0.39, 0.29) is 12.6 Å². The Bertz CT molecular complexity index is 541. The second kappa shape index (κ2) is 5.97.